The summed E-state index contributed by atoms with van der Waals surface area (Å²) in [6, 6.07) is 12.7. The zero-order valence-electron chi connectivity index (χ0n) is 16.9. The third kappa shape index (κ3) is 5.88. The summed E-state index contributed by atoms with van der Waals surface area (Å²) >= 11 is 3.48. The average Bonchev–Trinajstić information content (AvgIpc) is 2.73. The Labute approximate surface area is 180 Å². The molecule has 0 radical (unpaired) electrons. The van der Waals surface area contributed by atoms with Gasteiger partial charge in [-0.1, -0.05) is 6.92 Å². The fraction of sp³-hybridized carbons (Fsp3) is 0.364. The third-order valence-electron chi connectivity index (χ3n) is 4.08. The van der Waals surface area contributed by atoms with Crippen LogP contribution < -0.4 is 19.1 Å². The monoisotopic (exact) mass is 460 g/mol. The number of benzene rings is 2. The lowest BCUT2D eigenvalue weighted by atomic mass is 10.1. The number of nitriles is 1. The summed E-state index contributed by atoms with van der Waals surface area (Å²) in [4.78, 5) is 14.9. The number of nitrogens with zero attached hydrogens (tertiary/aromatic N) is 2. The zero-order valence-corrected chi connectivity index (χ0v) is 18.5. The van der Waals surface area contributed by atoms with Crippen molar-refractivity contribution in [1.29, 1.82) is 5.26 Å². The maximum atomic E-state index is 13.3. The van der Waals surface area contributed by atoms with E-state index in [1.165, 1.54) is 7.11 Å². The van der Waals surface area contributed by atoms with Crippen LogP contribution in [0, 0.1) is 11.3 Å². The highest BCUT2D eigenvalue weighted by atomic mass is 79.9. The van der Waals surface area contributed by atoms with Crippen molar-refractivity contribution in [3.05, 3.63) is 46.4 Å². The molecule has 2 rings (SSSR count). The number of methoxy groups -OCH3 is 1. The van der Waals surface area contributed by atoms with E-state index in [1.807, 2.05) is 38.1 Å². The van der Waals surface area contributed by atoms with Gasteiger partial charge in [-0.2, -0.15) is 5.26 Å². The first-order valence-corrected chi connectivity index (χ1v) is 10.3. The second kappa shape index (κ2) is 11.3. The maximum absolute atomic E-state index is 13.3. The van der Waals surface area contributed by atoms with Gasteiger partial charge in [0.1, 0.15) is 5.75 Å². The summed E-state index contributed by atoms with van der Waals surface area (Å²) in [5.74, 6) is 1.54. The van der Waals surface area contributed by atoms with E-state index >= 15 is 0 Å². The number of amides is 1. The van der Waals surface area contributed by atoms with Gasteiger partial charge in [0.25, 0.3) is 5.91 Å². The van der Waals surface area contributed by atoms with Crippen molar-refractivity contribution < 1.29 is 19.0 Å². The molecular weight excluding hydrogens is 436 g/mol. The van der Waals surface area contributed by atoms with E-state index in [9.17, 15) is 4.79 Å². The molecule has 6 nitrogen and oxygen atoms in total. The van der Waals surface area contributed by atoms with E-state index in [1.54, 1.807) is 17.0 Å². The molecule has 0 aliphatic rings. The highest BCUT2D eigenvalue weighted by Crippen LogP contribution is 2.37. The molecule has 0 saturated carbocycles. The van der Waals surface area contributed by atoms with Crippen LogP contribution in [0.2, 0.25) is 0 Å². The van der Waals surface area contributed by atoms with Crippen molar-refractivity contribution in [3.8, 4) is 23.3 Å². The second-order valence-corrected chi connectivity index (χ2v) is 6.98. The first-order valence-electron chi connectivity index (χ1n) is 9.47. The van der Waals surface area contributed by atoms with Gasteiger partial charge in [-0.15, -0.1) is 0 Å². The van der Waals surface area contributed by atoms with Gasteiger partial charge in [-0.25, -0.2) is 0 Å². The SMILES string of the molecule is CCCOc1c(Br)cc(C(=O)N(CCC#N)c2ccc(OCC)cc2)cc1OC. The number of carbonyl (C=O) groups is 1. The van der Waals surface area contributed by atoms with Gasteiger partial charge in [0, 0.05) is 17.8 Å². The smallest absolute Gasteiger partial charge is 0.258 e. The van der Waals surface area contributed by atoms with Crippen molar-refractivity contribution in [3.63, 3.8) is 0 Å². The predicted molar refractivity (Wildman–Crippen MR) is 116 cm³/mol. The Morgan fingerprint density at radius 1 is 1.17 bits per heavy atom. The van der Waals surface area contributed by atoms with Crippen molar-refractivity contribution in [1.82, 2.24) is 0 Å². The molecule has 0 saturated heterocycles. The predicted octanol–water partition coefficient (Wildman–Crippen LogP) is 5.21. The van der Waals surface area contributed by atoms with E-state index in [2.05, 4.69) is 22.0 Å². The highest BCUT2D eigenvalue weighted by Gasteiger charge is 2.21. The molecule has 0 aliphatic heterocycles. The van der Waals surface area contributed by atoms with Crippen LogP contribution in [0.25, 0.3) is 0 Å². The van der Waals surface area contributed by atoms with Crippen LogP contribution in [0.5, 0.6) is 17.2 Å². The van der Waals surface area contributed by atoms with Crippen LogP contribution in [0.3, 0.4) is 0 Å². The van der Waals surface area contributed by atoms with Crippen LogP contribution in [0.4, 0.5) is 5.69 Å². The molecule has 2 aromatic carbocycles. The van der Waals surface area contributed by atoms with Gasteiger partial charge in [-0.3, -0.25) is 4.79 Å². The molecule has 0 unspecified atom stereocenters. The van der Waals surface area contributed by atoms with Gasteiger partial charge in [0.05, 0.1) is 37.3 Å². The van der Waals surface area contributed by atoms with Crippen LogP contribution >= 0.6 is 15.9 Å². The summed E-state index contributed by atoms with van der Waals surface area (Å²) in [5, 5.41) is 9.02. The minimum absolute atomic E-state index is 0.217. The fourth-order valence-corrected chi connectivity index (χ4v) is 3.30. The minimum Gasteiger partial charge on any atom is -0.494 e. The van der Waals surface area contributed by atoms with Crippen molar-refractivity contribution >= 4 is 27.5 Å². The van der Waals surface area contributed by atoms with Gasteiger partial charge in [-0.05, 0) is 65.7 Å². The Morgan fingerprint density at radius 2 is 1.90 bits per heavy atom. The molecule has 0 heterocycles. The molecule has 0 aliphatic carbocycles. The van der Waals surface area contributed by atoms with Crippen molar-refractivity contribution in [2.75, 3.05) is 31.8 Å². The van der Waals surface area contributed by atoms with Gasteiger partial charge < -0.3 is 19.1 Å². The highest BCUT2D eigenvalue weighted by molar-refractivity contribution is 9.10. The van der Waals surface area contributed by atoms with Crippen molar-refractivity contribution in [2.45, 2.75) is 26.7 Å². The van der Waals surface area contributed by atoms with Gasteiger partial charge in [0.2, 0.25) is 0 Å². The lowest BCUT2D eigenvalue weighted by molar-refractivity contribution is 0.0987. The number of carbonyl (C=O) groups excluding carboxylic acids is 1. The summed E-state index contributed by atoms with van der Waals surface area (Å²) in [7, 11) is 1.54. The molecule has 7 heteroatoms. The molecule has 0 aromatic heterocycles. The van der Waals surface area contributed by atoms with E-state index < -0.39 is 0 Å². The minimum atomic E-state index is -0.231. The molecule has 154 valence electrons. The maximum Gasteiger partial charge on any atom is 0.258 e. The largest absolute Gasteiger partial charge is 0.494 e. The Hall–Kier alpha value is -2.72. The van der Waals surface area contributed by atoms with Crippen molar-refractivity contribution in [2.24, 2.45) is 0 Å². The Bertz CT molecular complexity index is 862. The van der Waals surface area contributed by atoms with E-state index in [0.717, 1.165) is 12.2 Å². The number of halogens is 1. The lowest BCUT2D eigenvalue weighted by Gasteiger charge is -2.23. The molecule has 29 heavy (non-hydrogen) atoms. The topological polar surface area (TPSA) is 71.8 Å². The number of hydrogen-bond donors (Lipinski definition) is 0. The standard InChI is InChI=1S/C22H25BrN2O4/c1-4-13-29-21-19(23)14-16(15-20(21)27-3)22(26)25(12-6-11-24)17-7-9-18(10-8-17)28-5-2/h7-10,14-15H,4-6,12-13H2,1-3H3. The molecule has 0 N–H and O–H groups in total. The quantitative estimate of drug-likeness (QED) is 0.486. The Kier molecular flexibility index (Phi) is 8.81. The summed E-state index contributed by atoms with van der Waals surface area (Å²) in [5.41, 5.74) is 1.12. The number of ether oxygens (including phenoxy) is 3. The molecule has 1 amide bonds. The zero-order chi connectivity index (χ0) is 21.2. The van der Waals surface area contributed by atoms with Gasteiger partial charge >= 0.3 is 0 Å². The Balaban J connectivity index is 2.37. The third-order valence-corrected chi connectivity index (χ3v) is 4.67. The fourth-order valence-electron chi connectivity index (χ4n) is 2.74. The van der Waals surface area contributed by atoms with E-state index in [-0.39, 0.29) is 18.9 Å². The summed E-state index contributed by atoms with van der Waals surface area (Å²) in [6.07, 6.45) is 1.07. The first kappa shape index (κ1) is 22.6. The molecular formula is C22H25BrN2O4. The molecule has 0 spiro atoms. The first-order chi connectivity index (χ1) is 14.0. The number of anilines is 1. The van der Waals surface area contributed by atoms with Crippen LogP contribution in [-0.2, 0) is 0 Å². The normalized spacial score (nSPS) is 10.2. The van der Waals surface area contributed by atoms with Crippen LogP contribution in [0.1, 0.15) is 37.0 Å². The number of rotatable bonds is 10. The lowest BCUT2D eigenvalue weighted by Crippen LogP contribution is -2.31. The van der Waals surface area contributed by atoms with E-state index in [0.29, 0.717) is 40.4 Å². The van der Waals surface area contributed by atoms with E-state index in [4.69, 9.17) is 19.5 Å². The molecule has 2 aromatic rings. The Morgan fingerprint density at radius 3 is 2.48 bits per heavy atom. The number of hydrogen-bond acceptors (Lipinski definition) is 5. The summed E-state index contributed by atoms with van der Waals surface area (Å²) < 4.78 is 17.3. The second-order valence-electron chi connectivity index (χ2n) is 6.13. The molecule has 0 atom stereocenters. The average molecular weight is 461 g/mol. The van der Waals surface area contributed by atoms with Crippen LogP contribution in [0.15, 0.2) is 40.9 Å². The summed E-state index contributed by atoms with van der Waals surface area (Å²) in [6.45, 7) is 5.31. The van der Waals surface area contributed by atoms with Gasteiger partial charge in [0.15, 0.2) is 11.5 Å². The molecule has 0 bridgehead atoms. The molecule has 0 fully saturated rings. The van der Waals surface area contributed by atoms with Crippen LogP contribution in [-0.4, -0.2) is 32.8 Å².